The highest BCUT2D eigenvalue weighted by molar-refractivity contribution is 8.26. The third-order valence-corrected chi connectivity index (χ3v) is 7.13. The van der Waals surface area contributed by atoms with Crippen molar-refractivity contribution in [2.45, 2.75) is 46.5 Å². The number of carbonyl (C=O) groups is 1. The first-order chi connectivity index (χ1) is 15.3. The summed E-state index contributed by atoms with van der Waals surface area (Å²) in [5, 5.41) is 16.9. The quantitative estimate of drug-likeness (QED) is 0.368. The van der Waals surface area contributed by atoms with E-state index in [0.717, 1.165) is 53.4 Å². The van der Waals surface area contributed by atoms with Crippen LogP contribution >= 0.6 is 35.0 Å². The number of unbranched alkanes of at least 4 members (excludes halogenated alkanes) is 2. The number of hydrazone groups is 1. The summed E-state index contributed by atoms with van der Waals surface area (Å²) in [6.45, 7) is 6.09. The van der Waals surface area contributed by atoms with E-state index in [9.17, 15) is 4.79 Å². The van der Waals surface area contributed by atoms with Crippen molar-refractivity contribution in [1.29, 1.82) is 5.41 Å². The maximum atomic E-state index is 12.7. The van der Waals surface area contributed by atoms with E-state index in [1.165, 1.54) is 16.8 Å². The number of fused-ring (bicyclic) bond motifs is 1. The fourth-order valence-corrected chi connectivity index (χ4v) is 4.99. The number of rotatable bonds is 6. The minimum atomic E-state index is -0.418. The fraction of sp³-hybridized carbons (Fsp3) is 0.304. The van der Waals surface area contributed by atoms with Crippen LogP contribution in [0.3, 0.4) is 0 Å². The van der Waals surface area contributed by atoms with Gasteiger partial charge in [0.25, 0.3) is 5.91 Å². The zero-order chi connectivity index (χ0) is 23.0. The molecule has 4 rings (SSSR count). The van der Waals surface area contributed by atoms with Crippen LogP contribution in [-0.2, 0) is 4.79 Å². The molecule has 1 amide bonds. The van der Waals surface area contributed by atoms with Crippen molar-refractivity contribution >= 4 is 63.0 Å². The van der Waals surface area contributed by atoms with Crippen LogP contribution in [0.4, 0.5) is 0 Å². The standard InChI is InChI=1S/C23H23Cl2N5OS/c1-4-5-6-7-20-28-30-21(26)17(22(31)27-23(30)32-20)11-15-10-13(2)29(14(15)3)16-8-9-18(24)19(25)12-16/h8-12,26H,4-7H2,1-3H3/b17-11+,26-21?. The Kier molecular flexibility index (Phi) is 6.60. The van der Waals surface area contributed by atoms with Gasteiger partial charge in [0.05, 0.1) is 15.6 Å². The highest BCUT2D eigenvalue weighted by Crippen LogP contribution is 2.32. The first-order valence-electron chi connectivity index (χ1n) is 10.4. The summed E-state index contributed by atoms with van der Waals surface area (Å²) >= 11 is 13.7. The van der Waals surface area contributed by atoms with Crippen LogP contribution in [0.25, 0.3) is 11.8 Å². The smallest absolute Gasteiger partial charge is 0.283 e. The van der Waals surface area contributed by atoms with E-state index in [1.807, 2.05) is 30.5 Å². The molecule has 3 heterocycles. The predicted octanol–water partition coefficient (Wildman–Crippen LogP) is 6.60. The van der Waals surface area contributed by atoms with Crippen LogP contribution < -0.4 is 0 Å². The number of halogens is 2. The van der Waals surface area contributed by atoms with E-state index in [4.69, 9.17) is 28.6 Å². The van der Waals surface area contributed by atoms with Crippen LogP contribution in [0.2, 0.25) is 10.0 Å². The van der Waals surface area contributed by atoms with Gasteiger partial charge in [0, 0.05) is 17.1 Å². The zero-order valence-corrected chi connectivity index (χ0v) is 20.4. The Morgan fingerprint density at radius 3 is 2.66 bits per heavy atom. The van der Waals surface area contributed by atoms with Gasteiger partial charge in [-0.15, -0.1) is 0 Å². The number of benzene rings is 1. The Labute approximate surface area is 201 Å². The summed E-state index contributed by atoms with van der Waals surface area (Å²) in [5.74, 6) is -0.365. The van der Waals surface area contributed by atoms with Gasteiger partial charge in [-0.25, -0.2) is 0 Å². The second-order valence-electron chi connectivity index (χ2n) is 7.73. The van der Waals surface area contributed by atoms with Crippen LogP contribution in [0.15, 0.2) is 39.9 Å². The molecular weight excluding hydrogens is 465 g/mol. The Morgan fingerprint density at radius 2 is 1.94 bits per heavy atom. The number of hydrogen-bond donors (Lipinski definition) is 1. The molecule has 0 unspecified atom stereocenters. The van der Waals surface area contributed by atoms with Crippen molar-refractivity contribution in [3.8, 4) is 5.69 Å². The number of hydrogen-bond acceptors (Lipinski definition) is 4. The molecule has 1 N–H and O–H groups in total. The van der Waals surface area contributed by atoms with Gasteiger partial charge in [-0.2, -0.15) is 15.1 Å². The number of aliphatic imine (C=N–C) groups is 1. The SMILES string of the molecule is CCCCCC1=NN2C(=N)/C(=C\c3cc(C)n(-c4ccc(Cl)c(Cl)c4)c3C)C(=O)N=C2S1. The van der Waals surface area contributed by atoms with Crippen molar-refractivity contribution in [3.05, 3.63) is 56.8 Å². The molecule has 2 aromatic rings. The lowest BCUT2D eigenvalue weighted by atomic mass is 10.1. The molecule has 1 aromatic carbocycles. The van der Waals surface area contributed by atoms with E-state index in [-0.39, 0.29) is 11.4 Å². The number of amides is 1. The van der Waals surface area contributed by atoms with Crippen molar-refractivity contribution in [1.82, 2.24) is 9.58 Å². The maximum Gasteiger partial charge on any atom is 0.283 e. The van der Waals surface area contributed by atoms with Crippen molar-refractivity contribution in [2.24, 2.45) is 10.1 Å². The van der Waals surface area contributed by atoms with Crippen molar-refractivity contribution in [2.75, 3.05) is 0 Å². The molecule has 0 spiro atoms. The summed E-state index contributed by atoms with van der Waals surface area (Å²) in [6, 6.07) is 7.43. The van der Waals surface area contributed by atoms with E-state index in [2.05, 4.69) is 17.0 Å². The van der Waals surface area contributed by atoms with Gasteiger partial charge >= 0.3 is 0 Å². The lowest BCUT2D eigenvalue weighted by molar-refractivity contribution is -0.114. The average molecular weight is 488 g/mol. The summed E-state index contributed by atoms with van der Waals surface area (Å²) in [4.78, 5) is 16.9. The molecule has 0 radical (unpaired) electrons. The van der Waals surface area contributed by atoms with Gasteiger partial charge in [-0.1, -0.05) is 43.0 Å². The summed E-state index contributed by atoms with van der Waals surface area (Å²) < 4.78 is 2.04. The van der Waals surface area contributed by atoms with E-state index >= 15 is 0 Å². The Hall–Kier alpha value is -2.35. The molecule has 32 heavy (non-hydrogen) atoms. The van der Waals surface area contributed by atoms with E-state index in [1.54, 1.807) is 18.2 Å². The third-order valence-electron chi connectivity index (χ3n) is 5.42. The second kappa shape index (κ2) is 9.25. The highest BCUT2D eigenvalue weighted by Gasteiger charge is 2.35. The van der Waals surface area contributed by atoms with Gasteiger partial charge in [0.15, 0.2) is 5.84 Å². The molecule has 2 aliphatic heterocycles. The Balaban J connectivity index is 1.65. The first-order valence-corrected chi connectivity index (χ1v) is 12.0. The molecule has 1 aromatic heterocycles. The molecular formula is C23H23Cl2N5OS. The van der Waals surface area contributed by atoms with Gasteiger partial charge in [0.1, 0.15) is 5.04 Å². The minimum Gasteiger partial charge on any atom is -0.318 e. The predicted molar refractivity (Wildman–Crippen MR) is 134 cm³/mol. The van der Waals surface area contributed by atoms with Gasteiger partial charge < -0.3 is 4.57 Å². The molecule has 0 saturated heterocycles. The third kappa shape index (κ3) is 4.29. The molecule has 0 atom stereocenters. The first kappa shape index (κ1) is 22.8. The second-order valence-corrected chi connectivity index (χ2v) is 9.59. The number of thioether (sulfide) groups is 1. The summed E-state index contributed by atoms with van der Waals surface area (Å²) in [7, 11) is 0. The molecule has 0 saturated carbocycles. The molecule has 6 nitrogen and oxygen atoms in total. The van der Waals surface area contributed by atoms with Crippen molar-refractivity contribution < 1.29 is 4.79 Å². The van der Waals surface area contributed by atoms with Crippen LogP contribution in [0, 0.1) is 19.3 Å². The van der Waals surface area contributed by atoms with E-state index < -0.39 is 5.91 Å². The van der Waals surface area contributed by atoms with Crippen LogP contribution in [0.1, 0.15) is 49.6 Å². The molecule has 166 valence electrons. The van der Waals surface area contributed by atoms with Gasteiger partial charge in [0.2, 0.25) is 5.17 Å². The van der Waals surface area contributed by atoms with Crippen molar-refractivity contribution in [3.63, 3.8) is 0 Å². The Bertz CT molecular complexity index is 1210. The lowest BCUT2D eigenvalue weighted by Gasteiger charge is -2.20. The fourth-order valence-electron chi connectivity index (χ4n) is 3.77. The number of amidine groups is 2. The number of nitrogens with zero attached hydrogens (tertiary/aromatic N) is 4. The monoisotopic (exact) mass is 487 g/mol. The highest BCUT2D eigenvalue weighted by atomic mass is 35.5. The summed E-state index contributed by atoms with van der Waals surface area (Å²) in [6.07, 6.45) is 5.84. The molecule has 9 heteroatoms. The molecule has 0 bridgehead atoms. The van der Waals surface area contributed by atoms with Crippen LogP contribution in [0.5, 0.6) is 0 Å². The normalized spacial score (nSPS) is 17.2. The number of aromatic nitrogens is 1. The molecule has 2 aliphatic rings. The van der Waals surface area contributed by atoms with Gasteiger partial charge in [-0.05, 0) is 74.4 Å². The Morgan fingerprint density at radius 1 is 1.16 bits per heavy atom. The van der Waals surface area contributed by atoms with E-state index in [0.29, 0.717) is 15.2 Å². The summed E-state index contributed by atoms with van der Waals surface area (Å²) in [5.41, 5.74) is 3.83. The lowest BCUT2D eigenvalue weighted by Crippen LogP contribution is -2.35. The van der Waals surface area contributed by atoms with Crippen LogP contribution in [-0.4, -0.2) is 31.5 Å². The number of aryl methyl sites for hydroxylation is 1. The minimum absolute atomic E-state index is 0.0531. The topological polar surface area (TPSA) is 73.8 Å². The largest absolute Gasteiger partial charge is 0.318 e. The molecule has 0 aliphatic carbocycles. The van der Waals surface area contributed by atoms with Gasteiger partial charge in [-0.3, -0.25) is 10.2 Å². The molecule has 0 fully saturated rings. The number of carbonyl (C=O) groups excluding carboxylic acids is 1. The average Bonchev–Trinajstić information content (AvgIpc) is 3.27. The maximum absolute atomic E-state index is 12.7. The zero-order valence-electron chi connectivity index (χ0n) is 18.1. The number of nitrogens with one attached hydrogen (secondary N) is 1.